The second-order valence-corrected chi connectivity index (χ2v) is 3.89. The third-order valence-electron chi connectivity index (χ3n) is 2.59. The first-order valence-electron chi connectivity index (χ1n) is 5.19. The molecule has 16 heavy (non-hydrogen) atoms. The maximum atomic E-state index is 10.6. The lowest BCUT2D eigenvalue weighted by atomic mass is 10.2. The van der Waals surface area contributed by atoms with Crippen molar-refractivity contribution in [1.29, 1.82) is 0 Å². The Morgan fingerprint density at radius 1 is 1.44 bits per heavy atom. The molecular formula is C12H14NO3+. The maximum Gasteiger partial charge on any atom is 0.344 e. The minimum atomic E-state index is -0.797. The van der Waals surface area contributed by atoms with Crippen LogP contribution in [0.2, 0.25) is 0 Å². The van der Waals surface area contributed by atoms with Crippen molar-refractivity contribution in [2.24, 2.45) is 0 Å². The average molecular weight is 220 g/mol. The first-order chi connectivity index (χ1) is 7.58. The molecule has 0 unspecified atom stereocenters. The first kappa shape index (κ1) is 10.7. The lowest BCUT2D eigenvalue weighted by Crippen LogP contribution is -2.36. The lowest BCUT2D eigenvalue weighted by molar-refractivity contribution is -0.681. The molecule has 0 fully saturated rings. The molecule has 1 aromatic carbocycles. The molecule has 0 atom stereocenters. The molecule has 0 aliphatic carbocycles. The summed E-state index contributed by atoms with van der Waals surface area (Å²) in [6, 6.07) is 5.90. The minimum Gasteiger partial charge on any atom is -0.481 e. The zero-order chi connectivity index (χ0) is 11.7. The van der Waals surface area contributed by atoms with Crippen LogP contribution >= 0.6 is 0 Å². The van der Waals surface area contributed by atoms with E-state index in [1.807, 2.05) is 36.6 Å². The van der Waals surface area contributed by atoms with Crippen LogP contribution in [0.4, 0.5) is 0 Å². The molecule has 0 bridgehead atoms. The van der Waals surface area contributed by atoms with Crippen LogP contribution in [0.1, 0.15) is 17.9 Å². The highest BCUT2D eigenvalue weighted by molar-refractivity contribution is 5.70. The zero-order valence-corrected chi connectivity index (χ0v) is 9.36. The van der Waals surface area contributed by atoms with Gasteiger partial charge in [0.25, 0.3) is 5.52 Å². The van der Waals surface area contributed by atoms with Crippen LogP contribution in [-0.4, -0.2) is 11.1 Å². The van der Waals surface area contributed by atoms with Crippen molar-refractivity contribution in [3.8, 4) is 0 Å². The van der Waals surface area contributed by atoms with Crippen molar-refractivity contribution >= 4 is 17.1 Å². The van der Waals surface area contributed by atoms with E-state index in [1.54, 1.807) is 0 Å². The monoisotopic (exact) mass is 220 g/mol. The largest absolute Gasteiger partial charge is 0.481 e. The van der Waals surface area contributed by atoms with Crippen LogP contribution in [0.5, 0.6) is 0 Å². The Kier molecular flexibility index (Phi) is 2.64. The molecular weight excluding hydrogens is 206 g/mol. The Morgan fingerprint density at radius 2 is 2.19 bits per heavy atom. The van der Waals surface area contributed by atoms with Gasteiger partial charge in [-0.2, -0.15) is 4.57 Å². The molecule has 4 heteroatoms. The highest BCUT2D eigenvalue weighted by Gasteiger charge is 2.19. The average Bonchev–Trinajstić information content (AvgIpc) is 2.51. The molecule has 1 heterocycles. The van der Waals surface area contributed by atoms with Gasteiger partial charge in [0, 0.05) is 6.07 Å². The van der Waals surface area contributed by atoms with Crippen LogP contribution in [0.15, 0.2) is 22.6 Å². The quantitative estimate of drug-likeness (QED) is 0.802. The van der Waals surface area contributed by atoms with Gasteiger partial charge in [0.15, 0.2) is 6.54 Å². The summed E-state index contributed by atoms with van der Waals surface area (Å²) in [6.45, 7) is 4.29. The van der Waals surface area contributed by atoms with E-state index in [0.717, 1.165) is 22.6 Å². The number of nitrogens with zero attached hydrogens (tertiary/aromatic N) is 1. The minimum absolute atomic E-state index is 0.105. The highest BCUT2D eigenvalue weighted by Crippen LogP contribution is 2.15. The number of hydrogen-bond acceptors (Lipinski definition) is 2. The van der Waals surface area contributed by atoms with Crippen molar-refractivity contribution in [3.05, 3.63) is 29.7 Å². The number of fused-ring (bicyclic) bond motifs is 1. The Hall–Kier alpha value is -1.84. The van der Waals surface area contributed by atoms with Crippen LogP contribution in [-0.2, 0) is 11.3 Å². The normalized spacial score (nSPS) is 10.9. The molecule has 1 aromatic heterocycles. The predicted molar refractivity (Wildman–Crippen MR) is 58.1 cm³/mol. The van der Waals surface area contributed by atoms with E-state index in [-0.39, 0.29) is 6.42 Å². The van der Waals surface area contributed by atoms with E-state index < -0.39 is 5.97 Å². The Bertz CT molecular complexity index is 542. The smallest absolute Gasteiger partial charge is 0.344 e. The Morgan fingerprint density at radius 3 is 2.88 bits per heavy atom. The van der Waals surface area contributed by atoms with Crippen LogP contribution in [0.25, 0.3) is 11.1 Å². The molecule has 84 valence electrons. The van der Waals surface area contributed by atoms with Crippen molar-refractivity contribution in [2.45, 2.75) is 26.8 Å². The Balaban J connectivity index is 2.45. The van der Waals surface area contributed by atoms with Crippen LogP contribution in [0.3, 0.4) is 0 Å². The summed E-state index contributed by atoms with van der Waals surface area (Å²) in [5.41, 5.74) is 2.89. The molecule has 0 aliphatic rings. The number of benzene rings is 1. The number of oxazole rings is 1. The molecule has 0 saturated carbocycles. The molecule has 0 amide bonds. The van der Waals surface area contributed by atoms with E-state index in [4.69, 9.17) is 9.52 Å². The van der Waals surface area contributed by atoms with Gasteiger partial charge in [-0.05, 0) is 18.6 Å². The fourth-order valence-corrected chi connectivity index (χ4v) is 1.79. The summed E-state index contributed by atoms with van der Waals surface area (Å²) in [5.74, 6) is -0.0595. The summed E-state index contributed by atoms with van der Waals surface area (Å²) < 4.78 is 7.46. The number of carboxylic acids is 1. The molecule has 0 spiro atoms. The van der Waals surface area contributed by atoms with Crippen molar-refractivity contribution in [3.63, 3.8) is 0 Å². The fourth-order valence-electron chi connectivity index (χ4n) is 1.79. The van der Waals surface area contributed by atoms with E-state index in [9.17, 15) is 4.79 Å². The van der Waals surface area contributed by atoms with Gasteiger partial charge in [-0.25, -0.2) is 0 Å². The van der Waals surface area contributed by atoms with Crippen LogP contribution in [0, 0.1) is 13.8 Å². The molecule has 4 nitrogen and oxygen atoms in total. The van der Waals surface area contributed by atoms with E-state index in [1.165, 1.54) is 0 Å². The summed E-state index contributed by atoms with van der Waals surface area (Å²) in [7, 11) is 0. The number of aromatic nitrogens is 1. The van der Waals surface area contributed by atoms with Gasteiger partial charge in [0.2, 0.25) is 5.58 Å². The van der Waals surface area contributed by atoms with Gasteiger partial charge in [-0.15, -0.1) is 0 Å². The molecule has 2 aromatic rings. The number of hydrogen-bond donors (Lipinski definition) is 1. The van der Waals surface area contributed by atoms with Gasteiger partial charge >= 0.3 is 11.9 Å². The van der Waals surface area contributed by atoms with Gasteiger partial charge in [-0.1, -0.05) is 6.07 Å². The van der Waals surface area contributed by atoms with Gasteiger partial charge in [0.1, 0.15) is 6.42 Å². The number of aryl methyl sites for hydroxylation is 3. The molecule has 0 aliphatic heterocycles. The van der Waals surface area contributed by atoms with Crippen molar-refractivity contribution < 1.29 is 18.9 Å². The SMILES string of the molecule is Cc1ccc2oc(C)[n+](CCC(=O)O)c2c1. The highest BCUT2D eigenvalue weighted by atomic mass is 16.4. The van der Waals surface area contributed by atoms with Gasteiger partial charge in [0.05, 0.1) is 6.92 Å². The van der Waals surface area contributed by atoms with Gasteiger partial charge < -0.3 is 9.52 Å². The van der Waals surface area contributed by atoms with Crippen molar-refractivity contribution in [2.75, 3.05) is 0 Å². The molecule has 0 saturated heterocycles. The van der Waals surface area contributed by atoms with E-state index in [0.29, 0.717) is 6.54 Å². The number of rotatable bonds is 3. The van der Waals surface area contributed by atoms with E-state index >= 15 is 0 Å². The number of aliphatic carboxylic acids is 1. The molecule has 0 radical (unpaired) electrons. The third kappa shape index (κ3) is 1.91. The predicted octanol–water partition coefficient (Wildman–Crippen LogP) is 1.81. The Labute approximate surface area is 93.1 Å². The van der Waals surface area contributed by atoms with Crippen LogP contribution < -0.4 is 4.57 Å². The molecule has 1 N–H and O–H groups in total. The van der Waals surface area contributed by atoms with Gasteiger partial charge in [-0.3, -0.25) is 4.79 Å². The first-order valence-corrected chi connectivity index (χ1v) is 5.19. The third-order valence-corrected chi connectivity index (χ3v) is 2.59. The van der Waals surface area contributed by atoms with E-state index in [2.05, 4.69) is 0 Å². The second kappa shape index (κ2) is 3.96. The summed E-state index contributed by atoms with van der Waals surface area (Å²) >= 11 is 0. The second-order valence-electron chi connectivity index (χ2n) is 3.89. The lowest BCUT2D eigenvalue weighted by Gasteiger charge is -1.93. The maximum absolute atomic E-state index is 10.6. The summed E-state index contributed by atoms with van der Waals surface area (Å²) in [6.07, 6.45) is 0.105. The zero-order valence-electron chi connectivity index (χ0n) is 9.36. The molecule has 2 rings (SSSR count). The summed E-state index contributed by atoms with van der Waals surface area (Å²) in [5, 5.41) is 8.69. The fraction of sp³-hybridized carbons (Fsp3) is 0.333. The summed E-state index contributed by atoms with van der Waals surface area (Å²) in [4.78, 5) is 10.6. The topological polar surface area (TPSA) is 54.3 Å². The number of carbonyl (C=O) groups is 1. The van der Waals surface area contributed by atoms with Crippen molar-refractivity contribution in [1.82, 2.24) is 0 Å². The number of carboxylic acid groups (broad SMARTS) is 1. The standard InChI is InChI=1S/C12H13NO3/c1-8-3-4-11-10(7-8)13(9(2)16-11)6-5-12(14)15/h3-4,7H,5-6H2,1-2H3/p+1.